The summed E-state index contributed by atoms with van der Waals surface area (Å²) >= 11 is 0. The van der Waals surface area contributed by atoms with E-state index in [9.17, 15) is 0 Å². The van der Waals surface area contributed by atoms with Crippen LogP contribution in [0.3, 0.4) is 0 Å². The molecular formula is C20H22N6. The van der Waals surface area contributed by atoms with Crippen molar-refractivity contribution in [2.24, 2.45) is 10.7 Å². The number of fused-ring (bicyclic) bond motifs is 4. The third kappa shape index (κ3) is 2.21. The van der Waals surface area contributed by atoms with E-state index in [1.54, 1.807) is 0 Å². The molecule has 0 bridgehead atoms. The van der Waals surface area contributed by atoms with Gasteiger partial charge in [-0.05, 0) is 56.4 Å². The molecular weight excluding hydrogens is 324 g/mol. The lowest BCUT2D eigenvalue weighted by atomic mass is 9.78. The second-order valence-electron chi connectivity index (χ2n) is 7.36. The number of rotatable bonds is 1. The molecule has 2 atom stereocenters. The molecule has 6 heteroatoms. The quantitative estimate of drug-likeness (QED) is 0.707. The van der Waals surface area contributed by atoms with Crippen LogP contribution in [0.2, 0.25) is 0 Å². The fraction of sp³-hybridized carbons (Fsp3) is 0.350. The molecule has 3 N–H and O–H groups in total. The lowest BCUT2D eigenvalue weighted by molar-refractivity contribution is 0.188. The maximum Gasteiger partial charge on any atom is 0.212 e. The van der Waals surface area contributed by atoms with Gasteiger partial charge < -0.3 is 5.73 Å². The SMILES string of the molecule is Cc1cccnc1[C@H]1CCC[C@]2(C1)N=C(N)Nc1nc3ccccc3n12. The topological polar surface area (TPSA) is 81.1 Å². The van der Waals surface area contributed by atoms with Gasteiger partial charge in [0.2, 0.25) is 5.95 Å². The van der Waals surface area contributed by atoms with Crippen molar-refractivity contribution in [1.82, 2.24) is 14.5 Å². The van der Waals surface area contributed by atoms with Crippen LogP contribution >= 0.6 is 0 Å². The number of pyridine rings is 1. The Morgan fingerprint density at radius 3 is 3.00 bits per heavy atom. The highest BCUT2D eigenvalue weighted by Gasteiger charge is 2.43. The van der Waals surface area contributed by atoms with Crippen LogP contribution in [0.25, 0.3) is 11.0 Å². The van der Waals surface area contributed by atoms with E-state index in [2.05, 4.69) is 40.0 Å². The summed E-state index contributed by atoms with van der Waals surface area (Å²) in [7, 11) is 0. The Hall–Kier alpha value is -2.89. The summed E-state index contributed by atoms with van der Waals surface area (Å²) in [5.41, 5.74) is 10.3. The van der Waals surface area contributed by atoms with E-state index < -0.39 is 5.66 Å². The van der Waals surface area contributed by atoms with Crippen LogP contribution in [0.5, 0.6) is 0 Å². The molecule has 1 saturated carbocycles. The minimum atomic E-state index is -0.395. The van der Waals surface area contributed by atoms with Crippen LogP contribution in [-0.2, 0) is 5.66 Å². The lowest BCUT2D eigenvalue weighted by Gasteiger charge is -2.42. The van der Waals surface area contributed by atoms with E-state index >= 15 is 0 Å². The number of aryl methyl sites for hydroxylation is 1. The van der Waals surface area contributed by atoms with Gasteiger partial charge in [0.1, 0.15) is 5.66 Å². The second kappa shape index (κ2) is 5.56. The Balaban J connectivity index is 1.66. The Bertz CT molecular complexity index is 1020. The minimum Gasteiger partial charge on any atom is -0.370 e. The average molecular weight is 346 g/mol. The Kier molecular flexibility index (Phi) is 3.29. The van der Waals surface area contributed by atoms with Crippen LogP contribution in [0, 0.1) is 6.92 Å². The van der Waals surface area contributed by atoms with E-state index in [1.165, 1.54) is 11.3 Å². The third-order valence-electron chi connectivity index (χ3n) is 5.69. The number of anilines is 1. The van der Waals surface area contributed by atoms with Gasteiger partial charge in [0.05, 0.1) is 11.0 Å². The standard InChI is InChI=1S/C20H22N6/c1-13-6-5-11-22-17(13)14-7-4-10-20(12-14)25-18(21)24-19-23-15-8-2-3-9-16(15)26(19)20/h2-3,5-6,8-9,11,14H,4,7,10,12H2,1H3,(H3,21,23,24,25)/t14-,20-/m0/s1. The molecule has 1 aliphatic carbocycles. The van der Waals surface area contributed by atoms with Crippen LogP contribution in [0.15, 0.2) is 47.6 Å². The van der Waals surface area contributed by atoms with Crippen LogP contribution < -0.4 is 11.1 Å². The molecule has 6 nitrogen and oxygen atoms in total. The van der Waals surface area contributed by atoms with Gasteiger partial charge in [0, 0.05) is 17.8 Å². The summed E-state index contributed by atoms with van der Waals surface area (Å²) in [4.78, 5) is 14.3. The van der Waals surface area contributed by atoms with Crippen molar-refractivity contribution >= 4 is 22.9 Å². The molecule has 2 aromatic heterocycles. The zero-order chi connectivity index (χ0) is 17.7. The summed E-state index contributed by atoms with van der Waals surface area (Å²) in [6, 6.07) is 12.4. The molecule has 1 aromatic carbocycles. The van der Waals surface area contributed by atoms with Crippen LogP contribution in [0.1, 0.15) is 42.9 Å². The number of nitrogens with zero attached hydrogens (tertiary/aromatic N) is 4. The van der Waals surface area contributed by atoms with Crippen LogP contribution in [-0.4, -0.2) is 20.5 Å². The monoisotopic (exact) mass is 346 g/mol. The summed E-state index contributed by atoms with van der Waals surface area (Å²) in [5, 5.41) is 3.15. The Morgan fingerprint density at radius 2 is 2.12 bits per heavy atom. The number of nitrogens with one attached hydrogen (secondary N) is 1. The number of hydrogen-bond acceptors (Lipinski definition) is 5. The second-order valence-corrected chi connectivity index (χ2v) is 7.36. The van der Waals surface area contributed by atoms with E-state index in [4.69, 9.17) is 15.7 Å². The lowest BCUT2D eigenvalue weighted by Crippen LogP contribution is -2.44. The predicted octanol–water partition coefficient (Wildman–Crippen LogP) is 3.49. The van der Waals surface area contributed by atoms with Gasteiger partial charge >= 0.3 is 0 Å². The van der Waals surface area contributed by atoms with E-state index in [-0.39, 0.29) is 0 Å². The van der Waals surface area contributed by atoms with E-state index in [0.29, 0.717) is 11.9 Å². The maximum atomic E-state index is 6.16. The van der Waals surface area contributed by atoms with Crippen molar-refractivity contribution in [1.29, 1.82) is 0 Å². The number of aliphatic imine (C=N–C) groups is 1. The highest BCUT2D eigenvalue weighted by atomic mass is 15.4. The maximum absolute atomic E-state index is 6.16. The molecule has 0 radical (unpaired) electrons. The molecule has 5 rings (SSSR count). The number of para-hydroxylation sites is 2. The highest BCUT2D eigenvalue weighted by molar-refractivity contribution is 5.94. The summed E-state index contributed by atoms with van der Waals surface area (Å²) in [6.07, 6.45) is 5.96. The number of hydrogen-bond donors (Lipinski definition) is 2. The van der Waals surface area contributed by atoms with Crippen molar-refractivity contribution in [3.8, 4) is 0 Å². The zero-order valence-electron chi connectivity index (χ0n) is 14.8. The fourth-order valence-electron chi connectivity index (χ4n) is 4.64. The van der Waals surface area contributed by atoms with Crippen LogP contribution in [0.4, 0.5) is 5.95 Å². The molecule has 0 saturated heterocycles. The van der Waals surface area contributed by atoms with E-state index in [0.717, 1.165) is 42.7 Å². The first kappa shape index (κ1) is 15.4. The van der Waals surface area contributed by atoms with Gasteiger partial charge in [0.25, 0.3) is 0 Å². The number of aromatic nitrogens is 3. The van der Waals surface area contributed by atoms with Gasteiger partial charge in [0.15, 0.2) is 5.96 Å². The van der Waals surface area contributed by atoms with Crippen molar-refractivity contribution in [2.45, 2.75) is 44.2 Å². The molecule has 26 heavy (non-hydrogen) atoms. The summed E-state index contributed by atoms with van der Waals surface area (Å²) in [6.45, 7) is 2.14. The number of imidazole rings is 1. The average Bonchev–Trinajstić information content (AvgIpc) is 3.01. The predicted molar refractivity (Wildman–Crippen MR) is 103 cm³/mol. The molecule has 0 unspecified atom stereocenters. The van der Waals surface area contributed by atoms with Gasteiger partial charge in [-0.1, -0.05) is 18.2 Å². The van der Waals surface area contributed by atoms with Crippen molar-refractivity contribution in [3.63, 3.8) is 0 Å². The third-order valence-corrected chi connectivity index (χ3v) is 5.69. The van der Waals surface area contributed by atoms with Gasteiger partial charge in [-0.25, -0.2) is 9.98 Å². The largest absolute Gasteiger partial charge is 0.370 e. The zero-order valence-corrected chi connectivity index (χ0v) is 14.8. The number of nitrogens with two attached hydrogens (primary N) is 1. The normalized spacial score (nSPS) is 25.0. The smallest absolute Gasteiger partial charge is 0.212 e. The van der Waals surface area contributed by atoms with E-state index in [1.807, 2.05) is 24.4 Å². The Morgan fingerprint density at radius 1 is 1.23 bits per heavy atom. The van der Waals surface area contributed by atoms with Crippen molar-refractivity contribution in [2.75, 3.05) is 5.32 Å². The minimum absolute atomic E-state index is 0.369. The first-order valence-corrected chi connectivity index (χ1v) is 9.18. The molecule has 1 aliphatic heterocycles. The molecule has 3 aromatic rings. The van der Waals surface area contributed by atoms with Gasteiger partial charge in [-0.15, -0.1) is 0 Å². The molecule has 3 heterocycles. The molecule has 0 amide bonds. The highest BCUT2D eigenvalue weighted by Crippen LogP contribution is 2.47. The Labute approximate surface area is 152 Å². The summed E-state index contributed by atoms with van der Waals surface area (Å²) < 4.78 is 2.25. The van der Waals surface area contributed by atoms with Gasteiger partial charge in [-0.3, -0.25) is 14.9 Å². The van der Waals surface area contributed by atoms with Crippen molar-refractivity contribution in [3.05, 3.63) is 53.9 Å². The van der Waals surface area contributed by atoms with Crippen molar-refractivity contribution < 1.29 is 0 Å². The molecule has 1 spiro atoms. The molecule has 1 fully saturated rings. The first-order valence-electron chi connectivity index (χ1n) is 9.18. The first-order chi connectivity index (χ1) is 12.7. The number of guanidine groups is 1. The summed E-state index contributed by atoms with van der Waals surface area (Å²) in [5.74, 6) is 1.61. The molecule has 132 valence electrons. The van der Waals surface area contributed by atoms with Gasteiger partial charge in [-0.2, -0.15) is 0 Å². The number of benzene rings is 1. The molecule has 2 aliphatic rings. The fourth-order valence-corrected chi connectivity index (χ4v) is 4.64.